The predicted molar refractivity (Wildman–Crippen MR) is 65.0 cm³/mol. The van der Waals surface area contributed by atoms with Gasteiger partial charge >= 0.3 is 0 Å². The second-order valence-electron chi connectivity index (χ2n) is 3.02. The number of aryl methyl sites for hydroxylation is 1. The topological polar surface area (TPSA) is 63.6 Å². The maximum atomic E-state index is 4.42. The van der Waals surface area contributed by atoms with Crippen LogP contribution in [0.15, 0.2) is 21.9 Å². The van der Waals surface area contributed by atoms with E-state index in [1.165, 1.54) is 23.3 Å². The Morgan fingerprint density at radius 1 is 1.44 bits per heavy atom. The summed E-state index contributed by atoms with van der Waals surface area (Å²) in [7, 11) is 0. The fourth-order valence-corrected chi connectivity index (χ4v) is 2.47. The van der Waals surface area contributed by atoms with Crippen molar-refractivity contribution >= 4 is 29.2 Å². The zero-order valence-corrected chi connectivity index (χ0v) is 10.6. The summed E-state index contributed by atoms with van der Waals surface area (Å²) in [5, 5.41) is 4.01. The molecule has 0 aliphatic heterocycles. The Balaban J connectivity index is 2.21. The molecule has 0 amide bonds. The molecule has 0 saturated carbocycles. The molecule has 0 aromatic carbocycles. The van der Waals surface area contributed by atoms with E-state index in [-0.39, 0.29) is 0 Å². The van der Waals surface area contributed by atoms with Crippen LogP contribution in [-0.2, 0) is 0 Å². The molecule has 0 spiro atoms. The van der Waals surface area contributed by atoms with Crippen molar-refractivity contribution in [2.24, 2.45) is 0 Å². The number of nitrogens with zero attached hydrogens (tertiary/aromatic N) is 4. The van der Waals surface area contributed by atoms with Crippen molar-refractivity contribution in [3.8, 4) is 0 Å². The van der Waals surface area contributed by atoms with Gasteiger partial charge < -0.3 is 5.32 Å². The number of aromatic nitrogens is 4. The number of hydrogen-bond donors (Lipinski definition) is 1. The van der Waals surface area contributed by atoms with Gasteiger partial charge in [-0.1, -0.05) is 0 Å². The Kier molecular flexibility index (Phi) is 3.68. The molecular formula is C9H11N5S2. The van der Waals surface area contributed by atoms with Crippen molar-refractivity contribution < 1.29 is 0 Å². The van der Waals surface area contributed by atoms with E-state index in [0.717, 1.165) is 21.5 Å². The molecule has 2 heterocycles. The van der Waals surface area contributed by atoms with E-state index in [9.17, 15) is 0 Å². The molecule has 5 nitrogen and oxygen atoms in total. The number of nitrogens with one attached hydrogen (secondary N) is 1. The summed E-state index contributed by atoms with van der Waals surface area (Å²) < 4.78 is 4.85. The van der Waals surface area contributed by atoms with Gasteiger partial charge in [0, 0.05) is 18.3 Å². The summed E-state index contributed by atoms with van der Waals surface area (Å²) in [4.78, 5) is 12.7. The van der Waals surface area contributed by atoms with Crippen LogP contribution in [0.1, 0.15) is 12.5 Å². The van der Waals surface area contributed by atoms with Crippen LogP contribution in [0.25, 0.3) is 0 Å². The molecule has 0 saturated heterocycles. The average molecular weight is 253 g/mol. The highest BCUT2D eigenvalue weighted by Crippen LogP contribution is 2.29. The van der Waals surface area contributed by atoms with E-state index in [0.29, 0.717) is 5.95 Å². The monoisotopic (exact) mass is 253 g/mol. The third-order valence-corrected chi connectivity index (χ3v) is 3.61. The van der Waals surface area contributed by atoms with Crippen LogP contribution >= 0.6 is 23.3 Å². The minimum Gasteiger partial charge on any atom is -0.354 e. The molecule has 0 unspecified atom stereocenters. The van der Waals surface area contributed by atoms with Crippen LogP contribution in [0, 0.1) is 6.92 Å². The van der Waals surface area contributed by atoms with Gasteiger partial charge in [-0.3, -0.25) is 0 Å². The number of hydrogen-bond acceptors (Lipinski definition) is 7. The maximum absolute atomic E-state index is 4.42. The average Bonchev–Trinajstić information content (AvgIpc) is 2.76. The molecule has 84 valence electrons. The van der Waals surface area contributed by atoms with E-state index in [1.807, 2.05) is 20.0 Å². The summed E-state index contributed by atoms with van der Waals surface area (Å²) in [6, 6.07) is 0. The Morgan fingerprint density at radius 2 is 2.31 bits per heavy atom. The second kappa shape index (κ2) is 5.22. The van der Waals surface area contributed by atoms with E-state index in [2.05, 4.69) is 24.6 Å². The van der Waals surface area contributed by atoms with E-state index >= 15 is 0 Å². The smallest absolute Gasteiger partial charge is 0.223 e. The van der Waals surface area contributed by atoms with Crippen LogP contribution < -0.4 is 5.32 Å². The third kappa shape index (κ3) is 2.67. The van der Waals surface area contributed by atoms with Crippen LogP contribution in [-0.4, -0.2) is 25.9 Å². The van der Waals surface area contributed by atoms with Gasteiger partial charge in [-0.2, -0.15) is 4.37 Å². The highest BCUT2D eigenvalue weighted by atomic mass is 32.2. The lowest BCUT2D eigenvalue weighted by molar-refractivity contribution is 0.982. The van der Waals surface area contributed by atoms with E-state index in [1.54, 1.807) is 6.33 Å². The van der Waals surface area contributed by atoms with E-state index in [4.69, 9.17) is 0 Å². The standard InChI is InChI=1S/C9H11N5S2/c1-3-10-8-11-4-6(2)7(14-8)15-9-12-5-13-16-9/h4-5H,3H2,1-2H3,(H,10,11,14). The minimum atomic E-state index is 0.653. The lowest BCUT2D eigenvalue weighted by Gasteiger charge is -2.05. The summed E-state index contributed by atoms with van der Waals surface area (Å²) in [6.45, 7) is 4.81. The van der Waals surface area contributed by atoms with Crippen molar-refractivity contribution in [1.29, 1.82) is 0 Å². The quantitative estimate of drug-likeness (QED) is 0.843. The van der Waals surface area contributed by atoms with Crippen molar-refractivity contribution in [3.05, 3.63) is 18.1 Å². The summed E-state index contributed by atoms with van der Waals surface area (Å²) >= 11 is 2.88. The second-order valence-corrected chi connectivity index (χ2v) is 5.04. The molecule has 7 heteroatoms. The molecule has 0 bridgehead atoms. The Hall–Kier alpha value is -1.21. The molecular weight excluding hydrogens is 242 g/mol. The van der Waals surface area contributed by atoms with Gasteiger partial charge in [0.15, 0.2) is 4.34 Å². The highest BCUT2D eigenvalue weighted by Gasteiger charge is 2.07. The molecule has 16 heavy (non-hydrogen) atoms. The first-order valence-corrected chi connectivity index (χ1v) is 6.40. The van der Waals surface area contributed by atoms with Crippen LogP contribution in [0.5, 0.6) is 0 Å². The molecule has 2 aromatic heterocycles. The molecule has 0 aliphatic rings. The Morgan fingerprint density at radius 3 is 3.00 bits per heavy atom. The fourth-order valence-electron chi connectivity index (χ4n) is 1.06. The first-order chi connectivity index (χ1) is 7.79. The molecule has 2 rings (SSSR count). The van der Waals surface area contributed by atoms with Crippen molar-refractivity contribution in [2.75, 3.05) is 11.9 Å². The number of rotatable bonds is 4. The summed E-state index contributed by atoms with van der Waals surface area (Å²) in [5.74, 6) is 0.653. The normalized spacial score (nSPS) is 10.4. The predicted octanol–water partition coefficient (Wildman–Crippen LogP) is 2.22. The summed E-state index contributed by atoms with van der Waals surface area (Å²) in [6.07, 6.45) is 3.36. The van der Waals surface area contributed by atoms with Gasteiger partial charge in [0.2, 0.25) is 5.95 Å². The van der Waals surface area contributed by atoms with Crippen LogP contribution in [0.4, 0.5) is 5.95 Å². The lowest BCUT2D eigenvalue weighted by atomic mass is 10.4. The zero-order valence-electron chi connectivity index (χ0n) is 8.97. The van der Waals surface area contributed by atoms with Gasteiger partial charge in [-0.25, -0.2) is 15.0 Å². The van der Waals surface area contributed by atoms with Crippen LogP contribution in [0.3, 0.4) is 0 Å². The van der Waals surface area contributed by atoms with Crippen molar-refractivity contribution in [2.45, 2.75) is 23.2 Å². The lowest BCUT2D eigenvalue weighted by Crippen LogP contribution is -2.03. The first kappa shape index (κ1) is 11.3. The third-order valence-electron chi connectivity index (χ3n) is 1.79. The van der Waals surface area contributed by atoms with Gasteiger partial charge in [0.1, 0.15) is 11.4 Å². The number of anilines is 1. The van der Waals surface area contributed by atoms with Gasteiger partial charge in [-0.15, -0.1) is 0 Å². The van der Waals surface area contributed by atoms with Crippen LogP contribution in [0.2, 0.25) is 0 Å². The van der Waals surface area contributed by atoms with Gasteiger partial charge in [0.25, 0.3) is 0 Å². The highest BCUT2D eigenvalue weighted by molar-refractivity contribution is 8.00. The molecule has 0 atom stereocenters. The fraction of sp³-hybridized carbons (Fsp3) is 0.333. The Labute approximate surface area is 102 Å². The molecule has 1 N–H and O–H groups in total. The maximum Gasteiger partial charge on any atom is 0.223 e. The Bertz CT molecular complexity index is 457. The largest absolute Gasteiger partial charge is 0.354 e. The zero-order chi connectivity index (χ0) is 11.4. The first-order valence-electron chi connectivity index (χ1n) is 4.81. The van der Waals surface area contributed by atoms with Gasteiger partial charge in [0.05, 0.1) is 0 Å². The van der Waals surface area contributed by atoms with Gasteiger partial charge in [-0.05, 0) is 37.1 Å². The SMILES string of the molecule is CCNc1ncc(C)c(Sc2ncns2)n1. The summed E-state index contributed by atoms with van der Waals surface area (Å²) in [5.41, 5.74) is 1.04. The molecule has 0 aliphatic carbocycles. The van der Waals surface area contributed by atoms with E-state index < -0.39 is 0 Å². The molecule has 2 aromatic rings. The molecule has 0 radical (unpaired) electrons. The van der Waals surface area contributed by atoms with Crippen molar-refractivity contribution in [1.82, 2.24) is 19.3 Å². The molecule has 0 fully saturated rings. The van der Waals surface area contributed by atoms with Crippen molar-refractivity contribution in [3.63, 3.8) is 0 Å². The minimum absolute atomic E-state index is 0.653.